The van der Waals surface area contributed by atoms with Gasteiger partial charge in [0.05, 0.1) is 10.9 Å². The summed E-state index contributed by atoms with van der Waals surface area (Å²) < 4.78 is 27.8. The van der Waals surface area contributed by atoms with Crippen LogP contribution in [0.3, 0.4) is 0 Å². The number of rotatable bonds is 4. The molecule has 1 aliphatic heterocycles. The van der Waals surface area contributed by atoms with E-state index >= 15 is 0 Å². The summed E-state index contributed by atoms with van der Waals surface area (Å²) in [5, 5.41) is 0. The summed E-state index contributed by atoms with van der Waals surface area (Å²) in [5.74, 6) is -0.318. The number of carbonyl (C=O) groups is 1. The first-order valence-corrected chi connectivity index (χ1v) is 9.57. The van der Waals surface area contributed by atoms with Crippen molar-refractivity contribution in [3.05, 3.63) is 65.7 Å². The van der Waals surface area contributed by atoms with Gasteiger partial charge in [-0.3, -0.25) is 0 Å². The molecular formula is C19H21NO3S. The van der Waals surface area contributed by atoms with Crippen LogP contribution in [0.5, 0.6) is 0 Å². The van der Waals surface area contributed by atoms with Gasteiger partial charge in [0, 0.05) is 12.5 Å². The molecule has 0 bridgehead atoms. The summed E-state index contributed by atoms with van der Waals surface area (Å²) in [7, 11) is -3.64. The van der Waals surface area contributed by atoms with E-state index in [0.29, 0.717) is 19.4 Å². The molecule has 0 N–H and O–H groups in total. The third kappa shape index (κ3) is 3.14. The van der Waals surface area contributed by atoms with E-state index in [0.717, 1.165) is 17.4 Å². The molecule has 1 heterocycles. The van der Waals surface area contributed by atoms with E-state index in [9.17, 15) is 13.2 Å². The predicted molar refractivity (Wildman–Crippen MR) is 93.0 cm³/mol. The molecule has 4 nitrogen and oxygen atoms in total. The van der Waals surface area contributed by atoms with E-state index in [2.05, 4.69) is 0 Å². The van der Waals surface area contributed by atoms with Crippen molar-refractivity contribution in [3.63, 3.8) is 0 Å². The molecular weight excluding hydrogens is 322 g/mol. The van der Waals surface area contributed by atoms with Gasteiger partial charge in [0.25, 0.3) is 0 Å². The molecule has 0 amide bonds. The maximum absolute atomic E-state index is 13.2. The molecule has 0 spiro atoms. The summed E-state index contributed by atoms with van der Waals surface area (Å²) in [6, 6.07) is 15.9. The third-order valence-corrected chi connectivity index (χ3v) is 6.47. The summed E-state index contributed by atoms with van der Waals surface area (Å²) in [6.07, 6.45) is 2.30. The fraction of sp³-hybridized carbons (Fsp3) is 0.316. The Morgan fingerprint density at radius 3 is 2.33 bits per heavy atom. The minimum Gasteiger partial charge on any atom is -0.303 e. The van der Waals surface area contributed by atoms with E-state index < -0.39 is 16.1 Å². The van der Waals surface area contributed by atoms with Gasteiger partial charge in [-0.1, -0.05) is 48.0 Å². The van der Waals surface area contributed by atoms with E-state index in [-0.39, 0.29) is 10.8 Å². The summed E-state index contributed by atoms with van der Waals surface area (Å²) in [4.78, 5) is 11.9. The number of aryl methyl sites for hydroxylation is 1. The molecule has 2 aromatic rings. The Morgan fingerprint density at radius 1 is 1.04 bits per heavy atom. The van der Waals surface area contributed by atoms with Crippen LogP contribution in [0.15, 0.2) is 59.5 Å². The summed E-state index contributed by atoms with van der Waals surface area (Å²) in [6.45, 7) is 2.35. The molecule has 3 rings (SSSR count). The molecule has 1 unspecified atom stereocenters. The predicted octanol–water partition coefficient (Wildman–Crippen LogP) is 3.34. The van der Waals surface area contributed by atoms with Crippen LogP contribution in [0.25, 0.3) is 0 Å². The highest BCUT2D eigenvalue weighted by Gasteiger charge is 2.39. The van der Waals surface area contributed by atoms with Crippen molar-refractivity contribution in [1.82, 2.24) is 4.31 Å². The normalized spacial score (nSPS) is 22.2. The topological polar surface area (TPSA) is 54.5 Å². The zero-order valence-corrected chi connectivity index (χ0v) is 14.4. The highest BCUT2D eigenvalue weighted by atomic mass is 32.2. The molecule has 0 aliphatic carbocycles. The Morgan fingerprint density at radius 2 is 1.71 bits per heavy atom. The Balaban J connectivity index is 2.05. The van der Waals surface area contributed by atoms with Crippen LogP contribution >= 0.6 is 0 Å². The third-order valence-electron chi connectivity index (χ3n) is 4.58. The van der Waals surface area contributed by atoms with Crippen LogP contribution in [0.1, 0.15) is 30.0 Å². The Kier molecular flexibility index (Phi) is 4.83. The smallest absolute Gasteiger partial charge is 0.243 e. The highest BCUT2D eigenvalue weighted by molar-refractivity contribution is 7.89. The van der Waals surface area contributed by atoms with Gasteiger partial charge in [-0.15, -0.1) is 0 Å². The Hall–Kier alpha value is -1.98. The van der Waals surface area contributed by atoms with Gasteiger partial charge < -0.3 is 4.79 Å². The van der Waals surface area contributed by atoms with Crippen LogP contribution in [0, 0.1) is 12.8 Å². The van der Waals surface area contributed by atoms with Crippen LogP contribution in [0.4, 0.5) is 0 Å². The molecule has 24 heavy (non-hydrogen) atoms. The van der Waals surface area contributed by atoms with Crippen molar-refractivity contribution in [3.8, 4) is 0 Å². The van der Waals surface area contributed by atoms with E-state index in [1.807, 2.05) is 37.3 Å². The van der Waals surface area contributed by atoms with Gasteiger partial charge in [-0.2, -0.15) is 4.31 Å². The number of carbonyl (C=O) groups excluding carboxylic acids is 1. The van der Waals surface area contributed by atoms with Crippen molar-refractivity contribution in [2.75, 3.05) is 6.54 Å². The van der Waals surface area contributed by atoms with Crippen molar-refractivity contribution in [2.45, 2.75) is 30.7 Å². The van der Waals surface area contributed by atoms with Crippen LogP contribution in [-0.4, -0.2) is 25.6 Å². The largest absolute Gasteiger partial charge is 0.303 e. The number of nitrogens with zero attached hydrogens (tertiary/aromatic N) is 1. The molecule has 2 aromatic carbocycles. The molecule has 1 fully saturated rings. The van der Waals surface area contributed by atoms with Crippen LogP contribution in [0.2, 0.25) is 0 Å². The highest BCUT2D eigenvalue weighted by Crippen LogP contribution is 2.38. The van der Waals surface area contributed by atoms with E-state index in [1.54, 1.807) is 24.3 Å². The number of hydrogen-bond donors (Lipinski definition) is 0. The molecule has 2 atom stereocenters. The van der Waals surface area contributed by atoms with Crippen molar-refractivity contribution in [2.24, 2.45) is 5.92 Å². The minimum atomic E-state index is -3.64. The number of aldehydes is 1. The Labute approximate surface area is 143 Å². The van der Waals surface area contributed by atoms with E-state index in [1.165, 1.54) is 4.31 Å². The number of sulfonamides is 1. The molecule has 1 aliphatic rings. The number of benzene rings is 2. The lowest BCUT2D eigenvalue weighted by Crippen LogP contribution is -2.43. The molecule has 0 radical (unpaired) electrons. The van der Waals surface area contributed by atoms with Gasteiger partial charge >= 0.3 is 0 Å². The second-order valence-electron chi connectivity index (χ2n) is 6.23. The summed E-state index contributed by atoms with van der Waals surface area (Å²) in [5.41, 5.74) is 1.88. The van der Waals surface area contributed by atoms with Gasteiger partial charge in [0.2, 0.25) is 10.0 Å². The van der Waals surface area contributed by atoms with Crippen LogP contribution in [-0.2, 0) is 14.8 Å². The standard InChI is InChI=1S/C19H21NO3S/c1-15-9-11-18(12-10-15)24(22,23)20-13-5-8-17(14-21)19(20)16-6-3-2-4-7-16/h2-4,6-7,9-12,14,17,19H,5,8,13H2,1H3/t17?,19-/m1/s1. The molecule has 1 saturated heterocycles. The lowest BCUT2D eigenvalue weighted by Gasteiger charge is -2.38. The molecule has 126 valence electrons. The molecule has 0 saturated carbocycles. The molecule has 5 heteroatoms. The maximum atomic E-state index is 13.2. The number of hydrogen-bond acceptors (Lipinski definition) is 3. The fourth-order valence-electron chi connectivity index (χ4n) is 3.31. The first-order chi connectivity index (χ1) is 11.5. The lowest BCUT2D eigenvalue weighted by atomic mass is 9.87. The molecule has 0 aromatic heterocycles. The average Bonchev–Trinajstić information content (AvgIpc) is 2.62. The van der Waals surface area contributed by atoms with Gasteiger partial charge in [-0.05, 0) is 37.5 Å². The van der Waals surface area contributed by atoms with Crippen LogP contribution < -0.4 is 0 Å². The monoisotopic (exact) mass is 343 g/mol. The van der Waals surface area contributed by atoms with Crippen molar-refractivity contribution < 1.29 is 13.2 Å². The first kappa shape index (κ1) is 16.9. The Bertz CT molecular complexity index is 800. The van der Waals surface area contributed by atoms with Gasteiger partial charge in [0.1, 0.15) is 6.29 Å². The quantitative estimate of drug-likeness (QED) is 0.800. The maximum Gasteiger partial charge on any atom is 0.243 e. The SMILES string of the molecule is Cc1ccc(S(=O)(=O)N2CCCC(C=O)[C@H]2c2ccccc2)cc1. The van der Waals surface area contributed by atoms with Gasteiger partial charge in [-0.25, -0.2) is 8.42 Å². The first-order valence-electron chi connectivity index (χ1n) is 8.13. The van der Waals surface area contributed by atoms with E-state index in [4.69, 9.17) is 0 Å². The van der Waals surface area contributed by atoms with Crippen molar-refractivity contribution in [1.29, 1.82) is 0 Å². The average molecular weight is 343 g/mol. The fourth-order valence-corrected chi connectivity index (χ4v) is 5.01. The lowest BCUT2D eigenvalue weighted by molar-refractivity contribution is -0.113. The number of piperidine rings is 1. The summed E-state index contributed by atoms with van der Waals surface area (Å²) >= 11 is 0. The zero-order chi connectivity index (χ0) is 17.2. The second-order valence-corrected chi connectivity index (χ2v) is 8.12. The van der Waals surface area contributed by atoms with Crippen molar-refractivity contribution >= 4 is 16.3 Å². The zero-order valence-electron chi connectivity index (χ0n) is 13.6. The minimum absolute atomic E-state index is 0.278. The second kappa shape index (κ2) is 6.87. The van der Waals surface area contributed by atoms with Gasteiger partial charge in [0.15, 0.2) is 0 Å².